The van der Waals surface area contributed by atoms with Crippen molar-refractivity contribution in [2.45, 2.75) is 6.42 Å². The highest BCUT2D eigenvalue weighted by atomic mass is 79.9. The molecule has 1 heterocycles. The van der Waals surface area contributed by atoms with Gasteiger partial charge in [-0.1, -0.05) is 34.1 Å². The van der Waals surface area contributed by atoms with Gasteiger partial charge in [-0.3, -0.25) is 9.78 Å². The molecule has 4 nitrogen and oxygen atoms in total. The Morgan fingerprint density at radius 2 is 2.26 bits per heavy atom. The second-order valence-corrected chi connectivity index (χ2v) is 4.80. The van der Waals surface area contributed by atoms with E-state index in [4.69, 9.17) is 0 Å². The minimum absolute atomic E-state index is 0.167. The average molecular weight is 318 g/mol. The molecule has 19 heavy (non-hydrogen) atoms. The highest BCUT2D eigenvalue weighted by Crippen LogP contribution is 2.09. The number of carbonyl (C=O) groups excluding carboxylic acids is 1. The Morgan fingerprint density at radius 1 is 1.37 bits per heavy atom. The molecule has 1 N–H and O–H groups in total. The fourth-order valence-corrected chi connectivity index (χ4v) is 1.91. The van der Waals surface area contributed by atoms with E-state index >= 15 is 0 Å². The minimum Gasteiger partial charge on any atom is -0.273 e. The van der Waals surface area contributed by atoms with Crippen LogP contribution in [0, 0.1) is 0 Å². The highest BCUT2D eigenvalue weighted by Gasteiger charge is 2.01. The molecular formula is C14H12BrN3O. The van der Waals surface area contributed by atoms with Crippen molar-refractivity contribution in [2.24, 2.45) is 5.10 Å². The van der Waals surface area contributed by atoms with Gasteiger partial charge in [-0.05, 0) is 29.3 Å². The minimum atomic E-state index is -0.167. The molecule has 0 fully saturated rings. The summed E-state index contributed by atoms with van der Waals surface area (Å²) in [5.41, 5.74) is 4.26. The van der Waals surface area contributed by atoms with Gasteiger partial charge in [-0.15, -0.1) is 0 Å². The Morgan fingerprint density at radius 3 is 3.00 bits per heavy atom. The first-order valence-electron chi connectivity index (χ1n) is 5.70. The van der Waals surface area contributed by atoms with Crippen LogP contribution in [0.25, 0.3) is 0 Å². The van der Waals surface area contributed by atoms with Crippen LogP contribution in [0.1, 0.15) is 11.1 Å². The molecule has 0 aliphatic heterocycles. The third-order valence-electron chi connectivity index (χ3n) is 2.34. The van der Waals surface area contributed by atoms with Crippen molar-refractivity contribution in [1.82, 2.24) is 10.4 Å². The number of amides is 1. The molecule has 1 aromatic heterocycles. The van der Waals surface area contributed by atoms with Gasteiger partial charge in [0.1, 0.15) is 0 Å². The zero-order chi connectivity index (χ0) is 13.5. The van der Waals surface area contributed by atoms with Crippen LogP contribution in [-0.2, 0) is 11.2 Å². The molecule has 0 bridgehead atoms. The van der Waals surface area contributed by atoms with Crippen LogP contribution in [-0.4, -0.2) is 17.1 Å². The number of rotatable bonds is 4. The molecule has 5 heteroatoms. The van der Waals surface area contributed by atoms with E-state index in [-0.39, 0.29) is 12.3 Å². The van der Waals surface area contributed by atoms with E-state index in [1.165, 1.54) is 0 Å². The SMILES string of the molecule is O=C(Cc1cccnc1)N/N=C\c1cccc(Br)c1. The number of nitrogens with zero attached hydrogens (tertiary/aromatic N) is 2. The summed E-state index contributed by atoms with van der Waals surface area (Å²) >= 11 is 3.37. The van der Waals surface area contributed by atoms with Crippen molar-refractivity contribution in [3.05, 3.63) is 64.4 Å². The maximum absolute atomic E-state index is 11.6. The van der Waals surface area contributed by atoms with Crippen LogP contribution in [0.15, 0.2) is 58.4 Å². The third-order valence-corrected chi connectivity index (χ3v) is 2.83. The molecule has 0 saturated heterocycles. The Kier molecular flexibility index (Phi) is 4.80. The van der Waals surface area contributed by atoms with Gasteiger partial charge < -0.3 is 0 Å². The molecular weight excluding hydrogens is 306 g/mol. The maximum atomic E-state index is 11.6. The number of benzene rings is 1. The summed E-state index contributed by atoms with van der Waals surface area (Å²) in [4.78, 5) is 15.6. The molecule has 0 atom stereocenters. The molecule has 0 radical (unpaired) electrons. The second-order valence-electron chi connectivity index (χ2n) is 3.89. The summed E-state index contributed by atoms with van der Waals surface area (Å²) in [6, 6.07) is 11.3. The molecule has 0 spiro atoms. The maximum Gasteiger partial charge on any atom is 0.244 e. The van der Waals surface area contributed by atoms with Gasteiger partial charge in [-0.25, -0.2) is 5.43 Å². The third kappa shape index (κ3) is 4.63. The fraction of sp³-hybridized carbons (Fsp3) is 0.0714. The van der Waals surface area contributed by atoms with Gasteiger partial charge in [0.25, 0.3) is 0 Å². The first-order valence-corrected chi connectivity index (χ1v) is 6.50. The number of nitrogens with one attached hydrogen (secondary N) is 1. The van der Waals surface area contributed by atoms with Gasteiger partial charge in [0, 0.05) is 16.9 Å². The van der Waals surface area contributed by atoms with Crippen LogP contribution in [0.2, 0.25) is 0 Å². The molecule has 0 saturated carbocycles. The number of carbonyl (C=O) groups is 1. The molecule has 0 aliphatic carbocycles. The van der Waals surface area contributed by atoms with Crippen molar-refractivity contribution in [3.8, 4) is 0 Å². The summed E-state index contributed by atoms with van der Waals surface area (Å²) < 4.78 is 0.970. The molecule has 1 aromatic carbocycles. The average Bonchev–Trinajstić information content (AvgIpc) is 2.40. The second kappa shape index (κ2) is 6.80. The summed E-state index contributed by atoms with van der Waals surface area (Å²) in [5, 5.41) is 3.91. The predicted molar refractivity (Wildman–Crippen MR) is 77.8 cm³/mol. The lowest BCUT2D eigenvalue weighted by molar-refractivity contribution is -0.120. The zero-order valence-corrected chi connectivity index (χ0v) is 11.7. The number of hydrazone groups is 1. The number of aromatic nitrogens is 1. The summed E-state index contributed by atoms with van der Waals surface area (Å²) in [6.45, 7) is 0. The van der Waals surface area contributed by atoms with Crippen molar-refractivity contribution in [1.29, 1.82) is 0 Å². The molecule has 1 amide bonds. The molecule has 2 aromatic rings. The Labute approximate surface area is 119 Å². The van der Waals surface area contributed by atoms with Crippen LogP contribution in [0.4, 0.5) is 0 Å². The monoisotopic (exact) mass is 317 g/mol. The standard InChI is InChI=1S/C14H12BrN3O/c15-13-5-1-3-11(7-13)10-17-18-14(19)8-12-4-2-6-16-9-12/h1-7,9-10H,8H2,(H,18,19)/b17-10-. The number of hydrogen-bond donors (Lipinski definition) is 1. The normalized spacial score (nSPS) is 10.6. The molecule has 96 valence electrons. The highest BCUT2D eigenvalue weighted by molar-refractivity contribution is 9.10. The van der Waals surface area contributed by atoms with E-state index in [0.29, 0.717) is 0 Å². The lowest BCUT2D eigenvalue weighted by Crippen LogP contribution is -2.19. The zero-order valence-electron chi connectivity index (χ0n) is 10.1. The largest absolute Gasteiger partial charge is 0.273 e. The number of hydrogen-bond acceptors (Lipinski definition) is 3. The van der Waals surface area contributed by atoms with Gasteiger partial charge in [0.2, 0.25) is 5.91 Å². The lowest BCUT2D eigenvalue weighted by atomic mass is 10.2. The van der Waals surface area contributed by atoms with Crippen LogP contribution >= 0.6 is 15.9 Å². The Hall–Kier alpha value is -2.01. The predicted octanol–water partition coefficient (Wildman–Crippen LogP) is 2.54. The summed E-state index contributed by atoms with van der Waals surface area (Å²) in [6.07, 6.45) is 5.21. The van der Waals surface area contributed by atoms with Crippen molar-refractivity contribution in [2.75, 3.05) is 0 Å². The lowest BCUT2D eigenvalue weighted by Gasteiger charge is -1.99. The van der Waals surface area contributed by atoms with E-state index < -0.39 is 0 Å². The van der Waals surface area contributed by atoms with E-state index in [0.717, 1.165) is 15.6 Å². The summed E-state index contributed by atoms with van der Waals surface area (Å²) in [5.74, 6) is -0.167. The fourth-order valence-electron chi connectivity index (χ4n) is 1.49. The summed E-state index contributed by atoms with van der Waals surface area (Å²) in [7, 11) is 0. The number of pyridine rings is 1. The van der Waals surface area contributed by atoms with Gasteiger partial charge in [-0.2, -0.15) is 5.10 Å². The topological polar surface area (TPSA) is 54.4 Å². The number of halogens is 1. The van der Waals surface area contributed by atoms with Gasteiger partial charge in [0.15, 0.2) is 0 Å². The first kappa shape index (κ1) is 13.4. The van der Waals surface area contributed by atoms with Crippen molar-refractivity contribution < 1.29 is 4.79 Å². The van der Waals surface area contributed by atoms with Crippen molar-refractivity contribution >= 4 is 28.1 Å². The van der Waals surface area contributed by atoms with Crippen molar-refractivity contribution in [3.63, 3.8) is 0 Å². The first-order chi connectivity index (χ1) is 9.24. The van der Waals surface area contributed by atoms with Gasteiger partial charge in [0.05, 0.1) is 12.6 Å². The van der Waals surface area contributed by atoms with E-state index in [1.54, 1.807) is 24.7 Å². The van der Waals surface area contributed by atoms with E-state index in [9.17, 15) is 4.79 Å². The molecule has 2 rings (SSSR count). The van der Waals surface area contributed by atoms with Crippen LogP contribution in [0.3, 0.4) is 0 Å². The molecule has 0 unspecified atom stereocenters. The molecule has 0 aliphatic rings. The quantitative estimate of drug-likeness (QED) is 0.696. The Bertz CT molecular complexity index is 584. The van der Waals surface area contributed by atoms with Crippen LogP contribution < -0.4 is 5.43 Å². The van der Waals surface area contributed by atoms with E-state index in [1.807, 2.05) is 30.3 Å². The Balaban J connectivity index is 1.87. The van der Waals surface area contributed by atoms with Gasteiger partial charge >= 0.3 is 0 Å². The smallest absolute Gasteiger partial charge is 0.244 e. The van der Waals surface area contributed by atoms with E-state index in [2.05, 4.69) is 31.4 Å². The van der Waals surface area contributed by atoms with Crippen LogP contribution in [0.5, 0.6) is 0 Å².